The second kappa shape index (κ2) is 6.77. The van der Waals surface area contributed by atoms with Crippen molar-refractivity contribution >= 4 is 5.97 Å². The van der Waals surface area contributed by atoms with Crippen molar-refractivity contribution in [3.05, 3.63) is 23.3 Å². The summed E-state index contributed by atoms with van der Waals surface area (Å²) in [5, 5.41) is 21.3. The Morgan fingerprint density at radius 3 is 2.18 bits per heavy atom. The van der Waals surface area contributed by atoms with E-state index in [2.05, 4.69) is 60.6 Å². The molecule has 3 heteroatoms. The van der Waals surface area contributed by atoms with Gasteiger partial charge in [0.1, 0.15) is 0 Å². The van der Waals surface area contributed by atoms with Crippen LogP contribution in [-0.2, 0) is 4.79 Å². The van der Waals surface area contributed by atoms with Crippen LogP contribution in [0.5, 0.6) is 0 Å². The number of fused-ring (bicyclic) bond motifs is 7. The molecule has 0 aromatic carbocycles. The molecule has 0 aromatic rings. The van der Waals surface area contributed by atoms with Gasteiger partial charge in [-0.1, -0.05) is 71.8 Å². The number of allylic oxidation sites excluding steroid dienone is 4. The first kappa shape index (κ1) is 23.6. The van der Waals surface area contributed by atoms with Gasteiger partial charge in [0.25, 0.3) is 0 Å². The van der Waals surface area contributed by atoms with E-state index >= 15 is 0 Å². The van der Waals surface area contributed by atoms with Gasteiger partial charge in [-0.05, 0) is 96.7 Å². The van der Waals surface area contributed by atoms with Gasteiger partial charge in [0.15, 0.2) is 0 Å². The van der Waals surface area contributed by atoms with Crippen LogP contribution in [-0.4, -0.2) is 22.3 Å². The van der Waals surface area contributed by atoms with Crippen molar-refractivity contribution in [1.29, 1.82) is 0 Å². The molecule has 0 aliphatic heterocycles. The molecule has 2 unspecified atom stereocenters. The predicted molar refractivity (Wildman–Crippen MR) is 133 cm³/mol. The number of rotatable bonds is 1. The number of carboxylic acids is 1. The molecule has 0 radical (unpaired) electrons. The molecule has 3 nitrogen and oxygen atoms in total. The molecule has 0 aromatic heterocycles. The first-order chi connectivity index (χ1) is 15.1. The minimum atomic E-state index is -0.583. The SMILES string of the molecule is CC1(C)CC[C@]2(C(=O)O)CC[C@]3(C)C(=CC=C4[C@@]5(C)CC[C@@H](O)C(C)(C)C5CC[C@]43C)C2C1. The number of aliphatic hydroxyl groups is 1. The van der Waals surface area contributed by atoms with Crippen molar-refractivity contribution in [2.45, 2.75) is 112 Å². The minimum absolute atomic E-state index is 0.0162. The molecule has 4 fully saturated rings. The number of carboxylic acid groups (broad SMARTS) is 1. The van der Waals surface area contributed by atoms with Gasteiger partial charge in [-0.25, -0.2) is 0 Å². The summed E-state index contributed by atoms with van der Waals surface area (Å²) in [6.45, 7) is 16.7. The molecule has 0 saturated heterocycles. The predicted octanol–water partition coefficient (Wildman–Crippen LogP) is 7.15. The van der Waals surface area contributed by atoms with E-state index in [0.717, 1.165) is 57.8 Å². The van der Waals surface area contributed by atoms with E-state index in [-0.39, 0.29) is 39.1 Å². The molecule has 4 saturated carbocycles. The largest absolute Gasteiger partial charge is 0.481 e. The Morgan fingerprint density at radius 2 is 1.52 bits per heavy atom. The summed E-state index contributed by atoms with van der Waals surface area (Å²) < 4.78 is 0. The summed E-state index contributed by atoms with van der Waals surface area (Å²) in [6, 6.07) is 0. The van der Waals surface area contributed by atoms with Crippen molar-refractivity contribution in [2.24, 2.45) is 44.3 Å². The minimum Gasteiger partial charge on any atom is -0.481 e. The van der Waals surface area contributed by atoms with Crippen LogP contribution in [0.25, 0.3) is 0 Å². The first-order valence-corrected chi connectivity index (χ1v) is 13.5. The van der Waals surface area contributed by atoms with E-state index in [4.69, 9.17) is 0 Å². The number of aliphatic hydroxyl groups excluding tert-OH is 1. The van der Waals surface area contributed by atoms with Crippen LogP contribution in [0.4, 0.5) is 0 Å². The van der Waals surface area contributed by atoms with Gasteiger partial charge in [0, 0.05) is 0 Å². The van der Waals surface area contributed by atoms with E-state index in [1.54, 1.807) is 5.57 Å². The lowest BCUT2D eigenvalue weighted by Gasteiger charge is -2.68. The molecule has 5 rings (SSSR count). The summed E-state index contributed by atoms with van der Waals surface area (Å²) in [6.07, 6.45) is 13.4. The van der Waals surface area contributed by atoms with Crippen LogP contribution < -0.4 is 0 Å². The Labute approximate surface area is 201 Å². The molecular formula is C30H46O3. The van der Waals surface area contributed by atoms with Gasteiger partial charge in [-0.3, -0.25) is 4.79 Å². The lowest BCUT2D eigenvalue weighted by atomic mass is 9.36. The zero-order valence-electron chi connectivity index (χ0n) is 22.1. The molecule has 33 heavy (non-hydrogen) atoms. The molecule has 5 aliphatic carbocycles. The van der Waals surface area contributed by atoms with Gasteiger partial charge in [0.05, 0.1) is 11.5 Å². The third kappa shape index (κ3) is 2.81. The summed E-state index contributed by atoms with van der Waals surface area (Å²) in [5.41, 5.74) is 2.76. The molecule has 5 aliphatic rings. The van der Waals surface area contributed by atoms with Crippen molar-refractivity contribution in [1.82, 2.24) is 0 Å². The average molecular weight is 455 g/mol. The number of hydrogen-bond acceptors (Lipinski definition) is 2. The Hall–Kier alpha value is -1.09. The maximum Gasteiger partial charge on any atom is 0.310 e. The fourth-order valence-electron chi connectivity index (χ4n) is 9.92. The summed E-state index contributed by atoms with van der Waals surface area (Å²) in [4.78, 5) is 12.7. The molecule has 184 valence electrons. The van der Waals surface area contributed by atoms with Crippen LogP contribution in [0.3, 0.4) is 0 Å². The average Bonchev–Trinajstić information content (AvgIpc) is 2.71. The number of carbonyl (C=O) groups is 1. The summed E-state index contributed by atoms with van der Waals surface area (Å²) in [7, 11) is 0. The maximum atomic E-state index is 12.7. The molecule has 0 bridgehead atoms. The topological polar surface area (TPSA) is 57.5 Å². The zero-order valence-corrected chi connectivity index (χ0v) is 22.1. The maximum absolute atomic E-state index is 12.7. The standard InChI is InChI=1S/C30H46O3/c1-25(2)14-16-30(24(32)33)17-15-28(6)19(20(30)18-25)8-9-22-27(5)12-11-23(31)26(3,4)21(27)10-13-29(22,28)7/h8-9,20-21,23,31H,10-18H2,1-7H3,(H,32,33)/t20?,21?,23-,27+,28-,29-,30+/m1/s1. The summed E-state index contributed by atoms with van der Waals surface area (Å²) in [5.74, 6) is 0.0637. The highest BCUT2D eigenvalue weighted by molar-refractivity contribution is 5.77. The summed E-state index contributed by atoms with van der Waals surface area (Å²) >= 11 is 0. The van der Waals surface area contributed by atoms with E-state index in [0.29, 0.717) is 5.92 Å². The molecule has 0 amide bonds. The fraction of sp³-hybridized carbons (Fsp3) is 0.833. The molecule has 0 heterocycles. The normalized spacial score (nSPS) is 50.0. The van der Waals surface area contributed by atoms with Gasteiger partial charge in [0.2, 0.25) is 0 Å². The number of hydrogen-bond donors (Lipinski definition) is 2. The first-order valence-electron chi connectivity index (χ1n) is 13.5. The molecular weight excluding hydrogens is 408 g/mol. The molecule has 2 N–H and O–H groups in total. The fourth-order valence-corrected chi connectivity index (χ4v) is 9.92. The van der Waals surface area contributed by atoms with Crippen LogP contribution in [0.2, 0.25) is 0 Å². The lowest BCUT2D eigenvalue weighted by molar-refractivity contribution is -0.164. The van der Waals surface area contributed by atoms with Gasteiger partial charge in [-0.15, -0.1) is 0 Å². The van der Waals surface area contributed by atoms with E-state index in [9.17, 15) is 15.0 Å². The van der Waals surface area contributed by atoms with Gasteiger partial charge < -0.3 is 10.2 Å². The second-order valence-electron chi connectivity index (χ2n) is 14.6. The van der Waals surface area contributed by atoms with Crippen LogP contribution in [0.1, 0.15) is 106 Å². The Morgan fingerprint density at radius 1 is 0.848 bits per heavy atom. The highest BCUT2D eigenvalue weighted by Gasteiger charge is 2.67. The highest BCUT2D eigenvalue weighted by Crippen LogP contribution is 2.74. The Bertz CT molecular complexity index is 940. The quantitative estimate of drug-likeness (QED) is 0.442. The third-order valence-corrected chi connectivity index (χ3v) is 12.4. The van der Waals surface area contributed by atoms with Crippen LogP contribution in [0, 0.1) is 44.3 Å². The molecule has 7 atom stereocenters. The van der Waals surface area contributed by atoms with Crippen molar-refractivity contribution in [3.63, 3.8) is 0 Å². The van der Waals surface area contributed by atoms with E-state index < -0.39 is 11.4 Å². The number of aliphatic carboxylic acids is 1. The van der Waals surface area contributed by atoms with Crippen molar-refractivity contribution in [3.8, 4) is 0 Å². The van der Waals surface area contributed by atoms with E-state index in [1.165, 1.54) is 5.57 Å². The van der Waals surface area contributed by atoms with Gasteiger partial charge in [-0.2, -0.15) is 0 Å². The second-order valence-corrected chi connectivity index (χ2v) is 14.6. The van der Waals surface area contributed by atoms with Crippen LogP contribution >= 0.6 is 0 Å². The highest BCUT2D eigenvalue weighted by atomic mass is 16.4. The van der Waals surface area contributed by atoms with Crippen molar-refractivity contribution in [2.75, 3.05) is 0 Å². The Balaban J connectivity index is 1.65. The zero-order chi connectivity index (χ0) is 24.2. The lowest BCUT2D eigenvalue weighted by Crippen LogP contribution is -2.61. The third-order valence-electron chi connectivity index (χ3n) is 12.4. The van der Waals surface area contributed by atoms with Crippen LogP contribution in [0.15, 0.2) is 23.3 Å². The smallest absolute Gasteiger partial charge is 0.310 e. The van der Waals surface area contributed by atoms with E-state index in [1.807, 2.05) is 0 Å². The van der Waals surface area contributed by atoms with Gasteiger partial charge >= 0.3 is 5.97 Å². The monoisotopic (exact) mass is 454 g/mol. The van der Waals surface area contributed by atoms with Crippen molar-refractivity contribution < 1.29 is 15.0 Å². The molecule has 0 spiro atoms. The Kier molecular flexibility index (Phi) is 4.85.